The second kappa shape index (κ2) is 11.7. The van der Waals surface area contributed by atoms with E-state index in [1.165, 1.54) is 56.7 Å². The Morgan fingerprint density at radius 2 is 1.92 bits per heavy atom. The lowest BCUT2D eigenvalue weighted by atomic mass is 10.1. The summed E-state index contributed by atoms with van der Waals surface area (Å²) < 4.78 is 5.29. The number of halogens is 1. The topological polar surface area (TPSA) is 93.5 Å². The number of hydrogen-bond donors (Lipinski definition) is 2. The zero-order valence-electron chi connectivity index (χ0n) is 14.2. The van der Waals surface area contributed by atoms with E-state index in [0.29, 0.717) is 18.3 Å². The van der Waals surface area contributed by atoms with E-state index < -0.39 is 4.92 Å². The molecule has 1 fully saturated rings. The van der Waals surface area contributed by atoms with Gasteiger partial charge in [0, 0.05) is 25.2 Å². The molecule has 2 rings (SSSR count). The number of nitrogens with zero attached hydrogens (tertiary/aromatic N) is 1. The summed E-state index contributed by atoms with van der Waals surface area (Å²) in [6.07, 6.45) is 7.63. The fourth-order valence-corrected chi connectivity index (χ4v) is 2.85. The molecule has 1 aliphatic rings. The van der Waals surface area contributed by atoms with Crippen molar-refractivity contribution in [1.82, 2.24) is 10.6 Å². The van der Waals surface area contributed by atoms with Crippen LogP contribution in [0, 0.1) is 10.1 Å². The van der Waals surface area contributed by atoms with E-state index in [4.69, 9.17) is 4.74 Å². The number of benzene rings is 1. The monoisotopic (exact) mass is 371 g/mol. The lowest BCUT2D eigenvalue weighted by molar-refractivity contribution is -0.384. The molecule has 0 heterocycles. The molecule has 1 aromatic rings. The Balaban J connectivity index is 0.00000312. The third kappa shape index (κ3) is 8.18. The molecule has 0 unspecified atom stereocenters. The number of rotatable bonds is 8. The Morgan fingerprint density at radius 1 is 1.20 bits per heavy atom. The number of amides is 1. The van der Waals surface area contributed by atoms with Crippen LogP contribution in [0.2, 0.25) is 0 Å². The van der Waals surface area contributed by atoms with Crippen LogP contribution in [0.1, 0.15) is 38.5 Å². The van der Waals surface area contributed by atoms with Gasteiger partial charge in [0.25, 0.3) is 11.6 Å². The number of hydrogen-bond acceptors (Lipinski definition) is 5. The zero-order valence-corrected chi connectivity index (χ0v) is 15.1. The van der Waals surface area contributed by atoms with Crippen molar-refractivity contribution in [3.8, 4) is 5.75 Å². The number of carbonyl (C=O) groups excluding carboxylic acids is 1. The van der Waals surface area contributed by atoms with Crippen molar-refractivity contribution in [2.45, 2.75) is 44.6 Å². The van der Waals surface area contributed by atoms with E-state index in [0.717, 1.165) is 6.54 Å². The van der Waals surface area contributed by atoms with Crippen molar-refractivity contribution < 1.29 is 14.5 Å². The third-order valence-corrected chi connectivity index (χ3v) is 4.13. The molecule has 140 valence electrons. The Kier molecular flexibility index (Phi) is 9.87. The van der Waals surface area contributed by atoms with E-state index >= 15 is 0 Å². The molecule has 7 nitrogen and oxygen atoms in total. The van der Waals surface area contributed by atoms with Crippen LogP contribution in [0.4, 0.5) is 5.69 Å². The summed E-state index contributed by atoms with van der Waals surface area (Å²) in [5, 5.41) is 16.9. The van der Waals surface area contributed by atoms with Crippen LogP contribution in [0.15, 0.2) is 24.3 Å². The Hall–Kier alpha value is -1.86. The quantitative estimate of drug-likeness (QED) is 0.317. The number of ether oxygens (including phenoxy) is 1. The first-order chi connectivity index (χ1) is 11.6. The second-order valence-electron chi connectivity index (χ2n) is 6.04. The van der Waals surface area contributed by atoms with Gasteiger partial charge in [-0.15, -0.1) is 12.4 Å². The van der Waals surface area contributed by atoms with Gasteiger partial charge in [-0.05, 0) is 18.9 Å². The second-order valence-corrected chi connectivity index (χ2v) is 6.04. The molecule has 8 heteroatoms. The van der Waals surface area contributed by atoms with Crippen molar-refractivity contribution in [3.05, 3.63) is 34.4 Å². The number of carbonyl (C=O) groups is 1. The fraction of sp³-hybridized carbons (Fsp3) is 0.588. The largest absolute Gasteiger partial charge is 0.484 e. The molecule has 2 N–H and O–H groups in total. The minimum Gasteiger partial charge on any atom is -0.484 e. The van der Waals surface area contributed by atoms with Gasteiger partial charge in [-0.3, -0.25) is 14.9 Å². The van der Waals surface area contributed by atoms with Gasteiger partial charge in [0.05, 0.1) is 11.0 Å². The summed E-state index contributed by atoms with van der Waals surface area (Å²) in [7, 11) is 0. The van der Waals surface area contributed by atoms with Crippen LogP contribution in [0.25, 0.3) is 0 Å². The number of nitrogens with one attached hydrogen (secondary N) is 2. The smallest absolute Gasteiger partial charge is 0.273 e. The lowest BCUT2D eigenvalue weighted by Gasteiger charge is -2.16. The maximum Gasteiger partial charge on any atom is 0.273 e. The van der Waals surface area contributed by atoms with Gasteiger partial charge in [0.15, 0.2) is 6.61 Å². The Labute approximate surface area is 154 Å². The van der Waals surface area contributed by atoms with Crippen molar-refractivity contribution in [2.75, 3.05) is 19.7 Å². The van der Waals surface area contributed by atoms with Crippen LogP contribution in [0.3, 0.4) is 0 Å². The van der Waals surface area contributed by atoms with Crippen LogP contribution in [-0.4, -0.2) is 36.6 Å². The molecule has 25 heavy (non-hydrogen) atoms. The van der Waals surface area contributed by atoms with Crippen LogP contribution < -0.4 is 15.4 Å². The molecule has 0 bridgehead atoms. The lowest BCUT2D eigenvalue weighted by Crippen LogP contribution is -2.38. The summed E-state index contributed by atoms with van der Waals surface area (Å²) in [5.41, 5.74) is -0.0551. The minimum absolute atomic E-state index is 0. The standard InChI is InChI=1S/C17H25N3O4.ClH/c21-17(13-24-16-9-5-8-15(12-16)20(22)23)19-11-10-18-14-6-3-1-2-4-7-14;/h5,8-9,12,14,18H,1-4,6-7,10-11,13H2,(H,19,21);1H. The average molecular weight is 372 g/mol. The van der Waals surface area contributed by atoms with Gasteiger partial charge in [-0.25, -0.2) is 0 Å². The summed E-state index contributed by atoms with van der Waals surface area (Å²) >= 11 is 0. The average Bonchev–Trinajstić information content (AvgIpc) is 2.86. The summed E-state index contributed by atoms with van der Waals surface area (Å²) in [6.45, 7) is 1.14. The molecule has 1 saturated carbocycles. The number of nitro groups is 1. The molecular weight excluding hydrogens is 346 g/mol. The molecule has 0 aromatic heterocycles. The summed E-state index contributed by atoms with van der Waals surface area (Å²) in [6, 6.07) is 6.37. The highest BCUT2D eigenvalue weighted by Gasteiger charge is 2.11. The molecule has 1 aromatic carbocycles. The van der Waals surface area contributed by atoms with Crippen molar-refractivity contribution >= 4 is 24.0 Å². The highest BCUT2D eigenvalue weighted by atomic mass is 35.5. The Bertz CT molecular complexity index is 548. The summed E-state index contributed by atoms with van der Waals surface area (Å²) in [5.74, 6) is 0.0834. The van der Waals surface area contributed by atoms with Gasteiger partial charge in [-0.2, -0.15) is 0 Å². The van der Waals surface area contributed by atoms with Crippen molar-refractivity contribution in [2.24, 2.45) is 0 Å². The molecule has 0 radical (unpaired) electrons. The molecular formula is C17H26ClN3O4. The van der Waals surface area contributed by atoms with E-state index in [9.17, 15) is 14.9 Å². The van der Waals surface area contributed by atoms with Crippen LogP contribution in [-0.2, 0) is 4.79 Å². The molecule has 0 saturated heterocycles. The van der Waals surface area contributed by atoms with E-state index in [1.54, 1.807) is 6.07 Å². The molecule has 0 spiro atoms. The molecule has 1 aliphatic carbocycles. The fourth-order valence-electron chi connectivity index (χ4n) is 2.85. The minimum atomic E-state index is -0.494. The predicted molar refractivity (Wildman–Crippen MR) is 98.3 cm³/mol. The maximum absolute atomic E-state index is 11.7. The SMILES string of the molecule is Cl.O=C(COc1cccc([N+](=O)[O-])c1)NCCNC1CCCCCC1. The number of nitro benzene ring substituents is 1. The van der Waals surface area contributed by atoms with E-state index in [-0.39, 0.29) is 30.6 Å². The van der Waals surface area contributed by atoms with Crippen LogP contribution in [0.5, 0.6) is 5.75 Å². The summed E-state index contributed by atoms with van der Waals surface area (Å²) in [4.78, 5) is 21.9. The first kappa shape index (κ1) is 21.2. The van der Waals surface area contributed by atoms with E-state index in [1.807, 2.05) is 0 Å². The van der Waals surface area contributed by atoms with Gasteiger partial charge in [0.2, 0.25) is 0 Å². The third-order valence-electron chi connectivity index (χ3n) is 4.13. The maximum atomic E-state index is 11.7. The molecule has 1 amide bonds. The van der Waals surface area contributed by atoms with Gasteiger partial charge >= 0.3 is 0 Å². The first-order valence-electron chi connectivity index (χ1n) is 8.52. The van der Waals surface area contributed by atoms with Crippen molar-refractivity contribution in [1.29, 1.82) is 0 Å². The normalized spacial score (nSPS) is 14.9. The highest BCUT2D eigenvalue weighted by Crippen LogP contribution is 2.19. The van der Waals surface area contributed by atoms with E-state index in [2.05, 4.69) is 10.6 Å². The molecule has 0 aliphatic heterocycles. The molecule has 0 atom stereocenters. The van der Waals surface area contributed by atoms with Gasteiger partial charge in [-0.1, -0.05) is 31.7 Å². The predicted octanol–water partition coefficient (Wildman–Crippen LogP) is 2.82. The van der Waals surface area contributed by atoms with Gasteiger partial charge in [0.1, 0.15) is 5.75 Å². The zero-order chi connectivity index (χ0) is 17.2. The van der Waals surface area contributed by atoms with Gasteiger partial charge < -0.3 is 15.4 Å². The Morgan fingerprint density at radius 3 is 2.60 bits per heavy atom. The number of non-ortho nitro benzene ring substituents is 1. The highest BCUT2D eigenvalue weighted by molar-refractivity contribution is 5.85. The first-order valence-corrected chi connectivity index (χ1v) is 8.52. The van der Waals surface area contributed by atoms with Crippen LogP contribution >= 0.6 is 12.4 Å². The van der Waals surface area contributed by atoms with Crippen molar-refractivity contribution in [3.63, 3.8) is 0 Å².